The molecule has 2 aliphatic heterocycles. The number of rotatable bonds is 3. The second kappa shape index (κ2) is 7.79. The smallest absolute Gasteiger partial charge is 0.410 e. The van der Waals surface area contributed by atoms with Crippen LogP contribution in [0.5, 0.6) is 0 Å². The number of carbonyl (C=O) groups excluding carboxylic acids is 2. The molecule has 26 heavy (non-hydrogen) atoms. The summed E-state index contributed by atoms with van der Waals surface area (Å²) in [4.78, 5) is 32.7. The van der Waals surface area contributed by atoms with Crippen molar-refractivity contribution in [2.24, 2.45) is 0 Å². The van der Waals surface area contributed by atoms with Gasteiger partial charge in [-0.15, -0.1) is 11.3 Å². The highest BCUT2D eigenvalue weighted by molar-refractivity contribution is 7.13. The minimum atomic E-state index is -0.485. The molecule has 8 nitrogen and oxygen atoms in total. The highest BCUT2D eigenvalue weighted by atomic mass is 32.1. The standard InChI is InChI=1S/C17H27N5O3S/c1-17(2,3)25-16(24)21-10-8-20(9-11-21)15-18-13(12-26-15)14(23)19-22-6-4-5-7-22/h12H,4-11H2,1-3H3,(H,19,23). The molecule has 0 atom stereocenters. The summed E-state index contributed by atoms with van der Waals surface area (Å²) in [6.07, 6.45) is 1.96. The Hall–Kier alpha value is -1.87. The summed E-state index contributed by atoms with van der Waals surface area (Å²) in [6.45, 7) is 9.93. The Bertz CT molecular complexity index is 643. The Morgan fingerprint density at radius 1 is 1.12 bits per heavy atom. The predicted octanol–water partition coefficient (Wildman–Crippen LogP) is 1.94. The molecule has 1 aromatic rings. The van der Waals surface area contributed by atoms with Crippen LogP contribution < -0.4 is 10.3 Å². The van der Waals surface area contributed by atoms with Crippen molar-refractivity contribution in [2.45, 2.75) is 39.2 Å². The molecular formula is C17H27N5O3S. The van der Waals surface area contributed by atoms with Gasteiger partial charge in [0.25, 0.3) is 5.91 Å². The number of anilines is 1. The third-order valence-electron chi connectivity index (χ3n) is 4.29. The first-order valence-corrected chi connectivity index (χ1v) is 9.94. The van der Waals surface area contributed by atoms with E-state index in [2.05, 4.69) is 15.3 Å². The van der Waals surface area contributed by atoms with Crippen LogP contribution in [0.15, 0.2) is 5.38 Å². The molecule has 3 rings (SSSR count). The number of hydrogen-bond donors (Lipinski definition) is 1. The third kappa shape index (κ3) is 4.85. The van der Waals surface area contributed by atoms with Crippen molar-refractivity contribution in [3.63, 3.8) is 0 Å². The Morgan fingerprint density at radius 3 is 2.38 bits per heavy atom. The Labute approximate surface area is 158 Å². The Morgan fingerprint density at radius 2 is 1.77 bits per heavy atom. The molecule has 3 heterocycles. The van der Waals surface area contributed by atoms with Gasteiger partial charge in [0.1, 0.15) is 11.3 Å². The molecular weight excluding hydrogens is 354 g/mol. The van der Waals surface area contributed by atoms with Gasteiger partial charge in [0.15, 0.2) is 5.13 Å². The largest absolute Gasteiger partial charge is 0.444 e. The van der Waals surface area contributed by atoms with Gasteiger partial charge in [-0.2, -0.15) is 0 Å². The lowest BCUT2D eigenvalue weighted by Gasteiger charge is -2.35. The lowest BCUT2D eigenvalue weighted by Crippen LogP contribution is -2.50. The van der Waals surface area contributed by atoms with Gasteiger partial charge < -0.3 is 14.5 Å². The fourth-order valence-electron chi connectivity index (χ4n) is 2.95. The zero-order valence-corrected chi connectivity index (χ0v) is 16.5. The number of piperazine rings is 1. The first-order valence-electron chi connectivity index (χ1n) is 9.06. The van der Waals surface area contributed by atoms with Crippen LogP contribution in [0.3, 0.4) is 0 Å². The minimum Gasteiger partial charge on any atom is -0.444 e. The van der Waals surface area contributed by atoms with Crippen molar-refractivity contribution in [2.75, 3.05) is 44.2 Å². The van der Waals surface area contributed by atoms with E-state index in [9.17, 15) is 9.59 Å². The quantitative estimate of drug-likeness (QED) is 0.862. The van der Waals surface area contributed by atoms with E-state index in [1.54, 1.807) is 10.3 Å². The second-order valence-corrected chi connectivity index (χ2v) is 8.44. The molecule has 144 valence electrons. The van der Waals surface area contributed by atoms with Crippen molar-refractivity contribution >= 4 is 28.5 Å². The van der Waals surface area contributed by atoms with E-state index < -0.39 is 5.60 Å². The van der Waals surface area contributed by atoms with E-state index in [-0.39, 0.29) is 12.0 Å². The van der Waals surface area contributed by atoms with Gasteiger partial charge in [-0.05, 0) is 33.6 Å². The average Bonchev–Trinajstić information content (AvgIpc) is 3.25. The van der Waals surface area contributed by atoms with Crippen molar-refractivity contribution in [1.82, 2.24) is 20.3 Å². The van der Waals surface area contributed by atoms with Crippen LogP contribution in [0, 0.1) is 0 Å². The number of carbonyl (C=O) groups is 2. The van der Waals surface area contributed by atoms with Crippen LogP contribution in [0.25, 0.3) is 0 Å². The monoisotopic (exact) mass is 381 g/mol. The van der Waals surface area contributed by atoms with E-state index >= 15 is 0 Å². The molecule has 0 aromatic carbocycles. The van der Waals surface area contributed by atoms with Gasteiger partial charge >= 0.3 is 6.09 Å². The summed E-state index contributed by atoms with van der Waals surface area (Å²) in [7, 11) is 0. The number of amides is 2. The molecule has 2 amide bonds. The molecule has 2 aliphatic rings. The summed E-state index contributed by atoms with van der Waals surface area (Å²) in [6, 6.07) is 0. The normalized spacial score (nSPS) is 18.9. The SMILES string of the molecule is CC(C)(C)OC(=O)N1CCN(c2nc(C(=O)NN3CCCC3)cs2)CC1. The molecule has 0 bridgehead atoms. The van der Waals surface area contributed by atoms with Crippen molar-refractivity contribution < 1.29 is 14.3 Å². The molecule has 0 unspecified atom stereocenters. The van der Waals surface area contributed by atoms with Crippen LogP contribution in [0.2, 0.25) is 0 Å². The zero-order chi connectivity index (χ0) is 18.7. The van der Waals surface area contributed by atoms with E-state index in [0.29, 0.717) is 31.9 Å². The molecule has 0 radical (unpaired) electrons. The van der Waals surface area contributed by atoms with Crippen LogP contribution in [-0.2, 0) is 4.74 Å². The number of aromatic nitrogens is 1. The molecule has 2 saturated heterocycles. The Balaban J connectivity index is 1.51. The van der Waals surface area contributed by atoms with Gasteiger partial charge in [-0.25, -0.2) is 14.8 Å². The molecule has 1 N–H and O–H groups in total. The predicted molar refractivity (Wildman–Crippen MR) is 100 cm³/mol. The van der Waals surface area contributed by atoms with Crippen LogP contribution in [0.4, 0.5) is 9.93 Å². The van der Waals surface area contributed by atoms with Gasteiger partial charge in [0.05, 0.1) is 0 Å². The minimum absolute atomic E-state index is 0.151. The average molecular weight is 382 g/mol. The third-order valence-corrected chi connectivity index (χ3v) is 5.19. The number of nitrogens with one attached hydrogen (secondary N) is 1. The van der Waals surface area contributed by atoms with Crippen LogP contribution >= 0.6 is 11.3 Å². The first-order chi connectivity index (χ1) is 12.3. The van der Waals surface area contributed by atoms with E-state index in [1.165, 1.54) is 11.3 Å². The molecule has 0 spiro atoms. The molecule has 9 heteroatoms. The maximum absolute atomic E-state index is 12.3. The summed E-state index contributed by atoms with van der Waals surface area (Å²) >= 11 is 1.46. The van der Waals surface area contributed by atoms with E-state index in [4.69, 9.17) is 4.74 Å². The number of hydrazine groups is 1. The number of ether oxygens (including phenoxy) is 1. The summed E-state index contributed by atoms with van der Waals surface area (Å²) in [5, 5.41) is 4.56. The number of nitrogens with zero attached hydrogens (tertiary/aromatic N) is 4. The maximum atomic E-state index is 12.3. The molecule has 1 aromatic heterocycles. The van der Waals surface area contributed by atoms with Gasteiger partial charge in [-0.1, -0.05) is 0 Å². The Kier molecular flexibility index (Phi) is 5.67. The highest BCUT2D eigenvalue weighted by Crippen LogP contribution is 2.22. The maximum Gasteiger partial charge on any atom is 0.410 e. The summed E-state index contributed by atoms with van der Waals surface area (Å²) in [5.41, 5.74) is 2.87. The lowest BCUT2D eigenvalue weighted by molar-refractivity contribution is 0.0240. The fraction of sp³-hybridized carbons (Fsp3) is 0.706. The topological polar surface area (TPSA) is 78.0 Å². The summed E-state index contributed by atoms with van der Waals surface area (Å²) < 4.78 is 5.41. The van der Waals surface area contributed by atoms with Crippen LogP contribution in [-0.4, -0.2) is 71.8 Å². The fourth-order valence-corrected chi connectivity index (χ4v) is 3.81. The van der Waals surface area contributed by atoms with Crippen molar-refractivity contribution in [1.29, 1.82) is 0 Å². The first kappa shape index (κ1) is 18.9. The van der Waals surface area contributed by atoms with Gasteiger partial charge in [-0.3, -0.25) is 10.2 Å². The second-order valence-electron chi connectivity index (χ2n) is 7.60. The molecule has 0 aliphatic carbocycles. The van der Waals surface area contributed by atoms with Crippen molar-refractivity contribution in [3.05, 3.63) is 11.1 Å². The molecule has 0 saturated carbocycles. The number of thiazole rings is 1. The van der Waals surface area contributed by atoms with Crippen molar-refractivity contribution in [3.8, 4) is 0 Å². The van der Waals surface area contributed by atoms with E-state index in [1.807, 2.05) is 25.8 Å². The summed E-state index contributed by atoms with van der Waals surface area (Å²) in [5.74, 6) is -0.151. The van der Waals surface area contributed by atoms with Gasteiger partial charge in [0.2, 0.25) is 0 Å². The van der Waals surface area contributed by atoms with Crippen LogP contribution in [0.1, 0.15) is 44.1 Å². The van der Waals surface area contributed by atoms with Gasteiger partial charge in [0, 0.05) is 44.6 Å². The highest BCUT2D eigenvalue weighted by Gasteiger charge is 2.27. The lowest BCUT2D eigenvalue weighted by atomic mass is 10.2. The number of hydrogen-bond acceptors (Lipinski definition) is 7. The molecule has 2 fully saturated rings. The zero-order valence-electron chi connectivity index (χ0n) is 15.7. The van der Waals surface area contributed by atoms with E-state index in [0.717, 1.165) is 31.1 Å².